The summed E-state index contributed by atoms with van der Waals surface area (Å²) in [5.74, 6) is -0.624. The summed E-state index contributed by atoms with van der Waals surface area (Å²) in [6.07, 6.45) is 1.59. The highest BCUT2D eigenvalue weighted by Crippen LogP contribution is 2.27. The highest BCUT2D eigenvalue weighted by atomic mass is 32.2. The highest BCUT2D eigenvalue weighted by Gasteiger charge is 2.29. The average molecular weight is 490 g/mol. The molecule has 0 radical (unpaired) electrons. The zero-order valence-electron chi connectivity index (χ0n) is 19.1. The van der Waals surface area contributed by atoms with Gasteiger partial charge in [0, 0.05) is 11.8 Å². The molecule has 3 heterocycles. The Kier molecular flexibility index (Phi) is 5.36. The van der Waals surface area contributed by atoms with Crippen molar-refractivity contribution in [3.63, 3.8) is 0 Å². The first kappa shape index (κ1) is 22.7. The van der Waals surface area contributed by atoms with Crippen LogP contribution in [0.15, 0.2) is 87.5 Å². The maximum absolute atomic E-state index is 13.5. The first-order chi connectivity index (χ1) is 16.7. The van der Waals surface area contributed by atoms with E-state index >= 15 is 0 Å². The summed E-state index contributed by atoms with van der Waals surface area (Å²) in [4.78, 5) is 17.8. The lowest BCUT2D eigenvalue weighted by molar-refractivity contribution is -0.651. The van der Waals surface area contributed by atoms with Crippen molar-refractivity contribution in [2.75, 3.05) is 5.73 Å². The van der Waals surface area contributed by atoms with Crippen LogP contribution in [0, 0.1) is 19.7 Å². The van der Waals surface area contributed by atoms with E-state index in [-0.39, 0.29) is 33.2 Å². The Labute approximate surface area is 200 Å². The second kappa shape index (κ2) is 8.28. The van der Waals surface area contributed by atoms with E-state index in [1.807, 2.05) is 44.2 Å². The second-order valence-corrected chi connectivity index (χ2v) is 10.4. The Hall–Kier alpha value is -4.11. The van der Waals surface area contributed by atoms with Gasteiger partial charge in [-0.3, -0.25) is 9.20 Å². The van der Waals surface area contributed by atoms with Crippen LogP contribution in [0.3, 0.4) is 0 Å². The van der Waals surface area contributed by atoms with Crippen molar-refractivity contribution < 1.29 is 17.4 Å². The van der Waals surface area contributed by atoms with E-state index in [0.29, 0.717) is 5.65 Å². The Morgan fingerprint density at radius 3 is 2.40 bits per heavy atom. The molecule has 0 bridgehead atoms. The van der Waals surface area contributed by atoms with E-state index in [4.69, 9.17) is 10.7 Å². The van der Waals surface area contributed by atoms with Gasteiger partial charge in [0.2, 0.25) is 21.3 Å². The van der Waals surface area contributed by atoms with Crippen molar-refractivity contribution in [3.8, 4) is 0 Å². The number of nitrogens with zero attached hydrogens (tertiary/aromatic N) is 3. The zero-order chi connectivity index (χ0) is 24.9. The number of nitrogens with two attached hydrogens (primary N) is 1. The van der Waals surface area contributed by atoms with Crippen molar-refractivity contribution in [3.05, 3.63) is 106 Å². The minimum absolute atomic E-state index is 0.0627. The fourth-order valence-electron chi connectivity index (χ4n) is 4.08. The molecule has 0 fully saturated rings. The molecule has 0 unspecified atom stereocenters. The predicted molar refractivity (Wildman–Crippen MR) is 130 cm³/mol. The quantitative estimate of drug-likeness (QED) is 0.237. The van der Waals surface area contributed by atoms with E-state index in [0.717, 1.165) is 28.8 Å². The molecule has 2 aromatic carbocycles. The van der Waals surface area contributed by atoms with E-state index in [1.165, 1.54) is 22.6 Å². The molecule has 7 nitrogen and oxygen atoms in total. The lowest BCUT2D eigenvalue weighted by atomic mass is 10.1. The van der Waals surface area contributed by atoms with Gasteiger partial charge in [-0.1, -0.05) is 40.9 Å². The van der Waals surface area contributed by atoms with Gasteiger partial charge in [-0.05, 0) is 55.8 Å². The van der Waals surface area contributed by atoms with E-state index in [1.54, 1.807) is 16.8 Å². The lowest BCUT2D eigenvalue weighted by Gasteiger charge is -2.13. The number of nitrogen functional groups attached to an aromatic ring is 1. The third kappa shape index (κ3) is 3.83. The number of hydrogen-bond acceptors (Lipinski definition) is 5. The van der Waals surface area contributed by atoms with Gasteiger partial charge in [-0.2, -0.15) is 0 Å². The van der Waals surface area contributed by atoms with Crippen LogP contribution in [-0.2, 0) is 16.4 Å². The van der Waals surface area contributed by atoms with Crippen LogP contribution in [0.5, 0.6) is 0 Å². The van der Waals surface area contributed by atoms with Crippen molar-refractivity contribution in [2.45, 2.75) is 30.2 Å². The molecule has 176 valence electrons. The summed E-state index contributed by atoms with van der Waals surface area (Å²) >= 11 is 0. The number of aryl methyl sites for hydroxylation is 2. The maximum atomic E-state index is 13.5. The number of halogens is 1. The molecule has 0 saturated carbocycles. The normalized spacial score (nSPS) is 11.9. The van der Waals surface area contributed by atoms with Gasteiger partial charge in [-0.15, -0.1) is 0 Å². The molecule has 0 aliphatic heterocycles. The number of fused-ring (bicyclic) bond motifs is 2. The molecule has 0 aliphatic rings. The minimum atomic E-state index is -4.17. The average Bonchev–Trinajstić information content (AvgIpc) is 2.83. The molecule has 5 aromatic rings. The molecule has 0 saturated heterocycles. The first-order valence-corrected chi connectivity index (χ1v) is 12.4. The topological polar surface area (TPSA) is 98.4 Å². The van der Waals surface area contributed by atoms with Crippen LogP contribution in [0.1, 0.15) is 16.7 Å². The Morgan fingerprint density at radius 1 is 1.03 bits per heavy atom. The summed E-state index contributed by atoms with van der Waals surface area (Å²) < 4.78 is 43.5. The van der Waals surface area contributed by atoms with Crippen LogP contribution in [0.25, 0.3) is 16.7 Å². The minimum Gasteiger partial charge on any atom is -0.317 e. The monoisotopic (exact) mass is 489 g/mol. The van der Waals surface area contributed by atoms with Crippen molar-refractivity contribution in [1.29, 1.82) is 0 Å². The van der Waals surface area contributed by atoms with E-state index in [9.17, 15) is 17.6 Å². The highest BCUT2D eigenvalue weighted by molar-refractivity contribution is 7.91. The van der Waals surface area contributed by atoms with Gasteiger partial charge in [0.15, 0.2) is 0 Å². The number of benzene rings is 2. The van der Waals surface area contributed by atoms with Crippen LogP contribution in [0.2, 0.25) is 0 Å². The van der Waals surface area contributed by atoms with Crippen molar-refractivity contribution in [2.24, 2.45) is 0 Å². The Balaban J connectivity index is 1.87. The molecular formula is C26H22FN4O3S+. The van der Waals surface area contributed by atoms with Gasteiger partial charge < -0.3 is 5.73 Å². The molecule has 3 aromatic heterocycles. The number of aromatic nitrogens is 3. The van der Waals surface area contributed by atoms with Gasteiger partial charge in [0.05, 0.1) is 11.4 Å². The third-order valence-electron chi connectivity index (χ3n) is 6.01. The zero-order valence-corrected chi connectivity index (χ0v) is 19.9. The molecule has 0 aliphatic carbocycles. The summed E-state index contributed by atoms with van der Waals surface area (Å²) in [6.45, 7) is 4.01. The fraction of sp³-hybridized carbons (Fsp3) is 0.115. The van der Waals surface area contributed by atoms with E-state index in [2.05, 4.69) is 0 Å². The van der Waals surface area contributed by atoms with Crippen LogP contribution < -0.4 is 15.9 Å². The molecule has 5 rings (SSSR count). The number of hydrogen-bond donors (Lipinski definition) is 1. The smallest absolute Gasteiger partial charge is 0.278 e. The van der Waals surface area contributed by atoms with Gasteiger partial charge >= 0.3 is 0 Å². The van der Waals surface area contributed by atoms with Crippen LogP contribution in [-0.4, -0.2) is 17.8 Å². The van der Waals surface area contributed by atoms with Gasteiger partial charge in [0.25, 0.3) is 11.2 Å². The largest absolute Gasteiger partial charge is 0.317 e. The SMILES string of the molecule is Cc1ccc(C[n+]2c(N)c(S(=O)(=O)c3ccc(F)cc3)cc3c(=O)n4cccc(C)c4nc32)cc1. The standard InChI is InChI=1S/C26H21FN4O3S/c1-16-5-7-18(8-6-16)15-31-23(28)22(35(33,34)20-11-9-19(27)10-12-20)14-21-25(31)29-24-17(2)4-3-13-30(24)26(21)32/h3-14,28H,15H2,1-2H3/p+1. The molecule has 0 atom stereocenters. The summed E-state index contributed by atoms with van der Waals surface area (Å²) in [6, 6.07) is 17.0. The summed E-state index contributed by atoms with van der Waals surface area (Å²) in [5, 5.41) is 0.107. The molecule has 9 heteroatoms. The summed E-state index contributed by atoms with van der Waals surface area (Å²) in [5.41, 5.74) is 9.51. The van der Waals surface area contributed by atoms with Crippen LogP contribution in [0.4, 0.5) is 10.2 Å². The molecule has 2 N–H and O–H groups in total. The van der Waals surface area contributed by atoms with Gasteiger partial charge in [0.1, 0.15) is 16.1 Å². The first-order valence-electron chi connectivity index (χ1n) is 10.9. The van der Waals surface area contributed by atoms with Crippen molar-refractivity contribution >= 4 is 32.3 Å². The predicted octanol–water partition coefficient (Wildman–Crippen LogP) is 3.35. The maximum Gasteiger partial charge on any atom is 0.278 e. The summed E-state index contributed by atoms with van der Waals surface area (Å²) in [7, 11) is -4.17. The van der Waals surface area contributed by atoms with E-state index < -0.39 is 21.2 Å². The Bertz CT molecular complexity index is 1780. The molecule has 0 amide bonds. The van der Waals surface area contributed by atoms with Crippen LogP contribution >= 0.6 is 0 Å². The number of rotatable bonds is 4. The lowest BCUT2D eigenvalue weighted by Crippen LogP contribution is -2.42. The number of anilines is 1. The van der Waals surface area contributed by atoms with Gasteiger partial charge in [-0.25, -0.2) is 17.4 Å². The fourth-order valence-corrected chi connectivity index (χ4v) is 5.48. The molecule has 35 heavy (non-hydrogen) atoms. The Morgan fingerprint density at radius 2 is 1.71 bits per heavy atom. The number of sulfone groups is 1. The third-order valence-corrected chi connectivity index (χ3v) is 7.81. The second-order valence-electron chi connectivity index (χ2n) is 8.46. The molecule has 0 spiro atoms. The van der Waals surface area contributed by atoms with Crippen molar-refractivity contribution in [1.82, 2.24) is 9.38 Å². The molecular weight excluding hydrogens is 467 g/mol. The number of pyridine rings is 2.